The Labute approximate surface area is 117 Å². The summed E-state index contributed by atoms with van der Waals surface area (Å²) >= 11 is 0. The SMILES string of the molecule is CCOC(=O)C1CCC(NC2CCC(C)CC2)CC1. The van der Waals surface area contributed by atoms with Gasteiger partial charge in [0.05, 0.1) is 12.5 Å². The Balaban J connectivity index is 1.67. The van der Waals surface area contributed by atoms with Crippen LogP contribution in [-0.4, -0.2) is 24.7 Å². The molecule has 0 amide bonds. The first kappa shape index (κ1) is 14.8. The lowest BCUT2D eigenvalue weighted by Gasteiger charge is -2.34. The Morgan fingerprint density at radius 3 is 2.05 bits per heavy atom. The first-order valence-corrected chi connectivity index (χ1v) is 8.11. The van der Waals surface area contributed by atoms with E-state index in [2.05, 4.69) is 12.2 Å². The zero-order valence-electron chi connectivity index (χ0n) is 12.5. The second-order valence-electron chi connectivity index (χ2n) is 6.42. The molecule has 0 aromatic carbocycles. The van der Waals surface area contributed by atoms with Crippen LogP contribution in [0.1, 0.15) is 65.2 Å². The van der Waals surface area contributed by atoms with Gasteiger partial charge < -0.3 is 10.1 Å². The van der Waals surface area contributed by atoms with E-state index >= 15 is 0 Å². The lowest BCUT2D eigenvalue weighted by atomic mass is 9.83. The molecule has 0 radical (unpaired) electrons. The van der Waals surface area contributed by atoms with E-state index in [4.69, 9.17) is 4.74 Å². The fourth-order valence-electron chi connectivity index (χ4n) is 3.52. The summed E-state index contributed by atoms with van der Waals surface area (Å²) in [5.41, 5.74) is 0. The molecule has 0 aromatic rings. The van der Waals surface area contributed by atoms with Crippen LogP contribution in [0.3, 0.4) is 0 Å². The Kier molecular flexibility index (Phi) is 5.68. The topological polar surface area (TPSA) is 38.3 Å². The minimum Gasteiger partial charge on any atom is -0.466 e. The summed E-state index contributed by atoms with van der Waals surface area (Å²) in [6.07, 6.45) is 9.67. The molecule has 2 aliphatic carbocycles. The zero-order chi connectivity index (χ0) is 13.7. The summed E-state index contributed by atoms with van der Waals surface area (Å²) in [7, 11) is 0. The highest BCUT2D eigenvalue weighted by atomic mass is 16.5. The zero-order valence-corrected chi connectivity index (χ0v) is 12.5. The normalized spacial score (nSPS) is 35.9. The van der Waals surface area contributed by atoms with Crippen LogP contribution >= 0.6 is 0 Å². The van der Waals surface area contributed by atoms with Crippen molar-refractivity contribution >= 4 is 5.97 Å². The van der Waals surface area contributed by atoms with Crippen molar-refractivity contribution in [1.82, 2.24) is 5.32 Å². The van der Waals surface area contributed by atoms with E-state index in [-0.39, 0.29) is 11.9 Å². The van der Waals surface area contributed by atoms with Crippen LogP contribution in [0.25, 0.3) is 0 Å². The molecule has 2 aliphatic rings. The maximum Gasteiger partial charge on any atom is 0.308 e. The van der Waals surface area contributed by atoms with Crippen molar-refractivity contribution in [3.05, 3.63) is 0 Å². The van der Waals surface area contributed by atoms with Gasteiger partial charge in [0.25, 0.3) is 0 Å². The molecule has 110 valence electrons. The minimum atomic E-state index is 0.0208. The van der Waals surface area contributed by atoms with Gasteiger partial charge in [-0.05, 0) is 64.2 Å². The molecule has 0 bridgehead atoms. The van der Waals surface area contributed by atoms with Crippen LogP contribution in [0, 0.1) is 11.8 Å². The van der Waals surface area contributed by atoms with Gasteiger partial charge in [-0.15, -0.1) is 0 Å². The predicted molar refractivity (Wildman–Crippen MR) is 76.9 cm³/mol. The molecule has 2 rings (SSSR count). The van der Waals surface area contributed by atoms with E-state index in [9.17, 15) is 4.79 Å². The molecule has 0 spiro atoms. The van der Waals surface area contributed by atoms with Crippen LogP contribution in [0.5, 0.6) is 0 Å². The van der Waals surface area contributed by atoms with E-state index in [1.165, 1.54) is 25.7 Å². The second kappa shape index (κ2) is 7.28. The quantitative estimate of drug-likeness (QED) is 0.794. The average Bonchev–Trinajstić information content (AvgIpc) is 2.42. The van der Waals surface area contributed by atoms with Crippen molar-refractivity contribution in [2.75, 3.05) is 6.61 Å². The Hall–Kier alpha value is -0.570. The van der Waals surface area contributed by atoms with E-state index in [0.29, 0.717) is 12.6 Å². The monoisotopic (exact) mass is 267 g/mol. The van der Waals surface area contributed by atoms with Crippen molar-refractivity contribution < 1.29 is 9.53 Å². The highest BCUT2D eigenvalue weighted by Crippen LogP contribution is 2.28. The summed E-state index contributed by atoms with van der Waals surface area (Å²) in [5, 5.41) is 3.82. The minimum absolute atomic E-state index is 0.0208. The number of nitrogens with one attached hydrogen (secondary N) is 1. The van der Waals surface area contributed by atoms with E-state index < -0.39 is 0 Å². The van der Waals surface area contributed by atoms with Crippen LogP contribution in [-0.2, 0) is 9.53 Å². The molecule has 0 heterocycles. The van der Waals surface area contributed by atoms with Crippen LogP contribution in [0.15, 0.2) is 0 Å². The van der Waals surface area contributed by atoms with Gasteiger partial charge in [0, 0.05) is 12.1 Å². The number of esters is 1. The molecule has 2 fully saturated rings. The van der Waals surface area contributed by atoms with Crippen LogP contribution in [0.4, 0.5) is 0 Å². The first-order valence-electron chi connectivity index (χ1n) is 8.11. The highest BCUT2D eigenvalue weighted by Gasteiger charge is 2.29. The van der Waals surface area contributed by atoms with E-state index in [0.717, 1.165) is 37.6 Å². The molecular weight excluding hydrogens is 238 g/mol. The molecule has 3 nitrogen and oxygen atoms in total. The lowest BCUT2D eigenvalue weighted by Crippen LogP contribution is -2.42. The maximum atomic E-state index is 11.7. The standard InChI is InChI=1S/C16H29NO2/c1-3-19-16(18)13-6-10-15(11-7-13)17-14-8-4-12(2)5-9-14/h12-15,17H,3-11H2,1-2H3. The molecule has 0 aromatic heterocycles. The summed E-state index contributed by atoms with van der Waals surface area (Å²) in [6, 6.07) is 1.35. The molecule has 0 unspecified atom stereocenters. The first-order chi connectivity index (χ1) is 9.19. The second-order valence-corrected chi connectivity index (χ2v) is 6.42. The van der Waals surface area contributed by atoms with Gasteiger partial charge in [0.15, 0.2) is 0 Å². The molecular formula is C16H29NO2. The van der Waals surface area contributed by atoms with Crippen molar-refractivity contribution in [2.45, 2.75) is 77.3 Å². The lowest BCUT2D eigenvalue weighted by molar-refractivity contribution is -0.149. The number of carbonyl (C=O) groups is 1. The average molecular weight is 267 g/mol. The van der Waals surface area contributed by atoms with Crippen LogP contribution < -0.4 is 5.32 Å². The molecule has 1 N–H and O–H groups in total. The van der Waals surface area contributed by atoms with Gasteiger partial charge in [-0.25, -0.2) is 0 Å². The summed E-state index contributed by atoms with van der Waals surface area (Å²) in [6.45, 7) is 4.76. The molecule has 3 heteroatoms. The van der Waals surface area contributed by atoms with E-state index in [1.807, 2.05) is 6.92 Å². The number of rotatable bonds is 4. The van der Waals surface area contributed by atoms with Crippen molar-refractivity contribution in [2.24, 2.45) is 11.8 Å². The molecule has 0 atom stereocenters. The number of carbonyl (C=O) groups excluding carboxylic acids is 1. The van der Waals surface area contributed by atoms with E-state index in [1.54, 1.807) is 0 Å². The fourth-order valence-corrected chi connectivity index (χ4v) is 3.52. The Bertz CT molecular complexity index is 276. The van der Waals surface area contributed by atoms with Gasteiger partial charge >= 0.3 is 5.97 Å². The summed E-state index contributed by atoms with van der Waals surface area (Å²) < 4.78 is 5.12. The van der Waals surface area contributed by atoms with Crippen molar-refractivity contribution in [3.8, 4) is 0 Å². The molecule has 0 aliphatic heterocycles. The van der Waals surface area contributed by atoms with Gasteiger partial charge in [-0.1, -0.05) is 6.92 Å². The van der Waals surface area contributed by atoms with Crippen molar-refractivity contribution in [1.29, 1.82) is 0 Å². The van der Waals surface area contributed by atoms with Gasteiger partial charge in [0.2, 0.25) is 0 Å². The van der Waals surface area contributed by atoms with Gasteiger partial charge in [-0.2, -0.15) is 0 Å². The third-order valence-electron chi connectivity index (χ3n) is 4.83. The summed E-state index contributed by atoms with van der Waals surface area (Å²) in [4.78, 5) is 11.7. The molecule has 2 saturated carbocycles. The molecule has 0 saturated heterocycles. The largest absolute Gasteiger partial charge is 0.466 e. The Morgan fingerprint density at radius 1 is 1.00 bits per heavy atom. The number of hydrogen-bond donors (Lipinski definition) is 1. The molecule has 19 heavy (non-hydrogen) atoms. The van der Waals surface area contributed by atoms with Crippen LogP contribution in [0.2, 0.25) is 0 Å². The highest BCUT2D eigenvalue weighted by molar-refractivity contribution is 5.72. The Morgan fingerprint density at radius 2 is 1.53 bits per heavy atom. The third-order valence-corrected chi connectivity index (χ3v) is 4.83. The smallest absolute Gasteiger partial charge is 0.308 e. The third kappa shape index (κ3) is 4.48. The summed E-state index contributed by atoms with van der Waals surface area (Å²) in [5.74, 6) is 1.09. The maximum absolute atomic E-state index is 11.7. The van der Waals surface area contributed by atoms with Crippen molar-refractivity contribution in [3.63, 3.8) is 0 Å². The fraction of sp³-hybridized carbons (Fsp3) is 0.938. The number of hydrogen-bond acceptors (Lipinski definition) is 3. The number of ether oxygens (including phenoxy) is 1. The van der Waals surface area contributed by atoms with Gasteiger partial charge in [0.1, 0.15) is 0 Å². The predicted octanol–water partition coefficient (Wildman–Crippen LogP) is 3.28. The van der Waals surface area contributed by atoms with Gasteiger partial charge in [-0.3, -0.25) is 4.79 Å².